The Morgan fingerprint density at radius 1 is 1.53 bits per heavy atom. The summed E-state index contributed by atoms with van der Waals surface area (Å²) in [6.07, 6.45) is 4.60. The molecule has 1 aliphatic rings. The van der Waals surface area contributed by atoms with Gasteiger partial charge < -0.3 is 0 Å². The first-order valence-electron chi connectivity index (χ1n) is 5.40. The second kappa shape index (κ2) is 6.88. The molecule has 1 fully saturated rings. The molecule has 1 saturated heterocycles. The summed E-state index contributed by atoms with van der Waals surface area (Å²) in [5.74, 6) is 2.05. The van der Waals surface area contributed by atoms with E-state index in [9.17, 15) is 4.79 Å². The minimum Gasteiger partial charge on any atom is -0.271 e. The molecule has 0 saturated carbocycles. The highest BCUT2D eigenvalue weighted by molar-refractivity contribution is 8.18. The first-order valence-corrected chi connectivity index (χ1v) is 7.50. The number of amides is 1. The lowest BCUT2D eigenvalue weighted by atomic mass is 10.3. The van der Waals surface area contributed by atoms with Gasteiger partial charge in [-0.1, -0.05) is 6.07 Å². The standard InChI is InChI=1S/C11H14N2O2S2/c14-10(11-16-5-2-6-17-11)13-15-8-9-3-1-4-12-7-9/h1,3-4,7,11H,2,5-6,8H2,(H,13,14). The van der Waals surface area contributed by atoms with E-state index in [1.54, 1.807) is 35.9 Å². The minimum absolute atomic E-state index is 0.0300. The number of rotatable bonds is 4. The number of hydrogen-bond donors (Lipinski definition) is 1. The smallest absolute Gasteiger partial charge is 0.266 e. The normalized spacial score (nSPS) is 16.7. The molecule has 0 spiro atoms. The van der Waals surface area contributed by atoms with E-state index < -0.39 is 0 Å². The molecule has 2 heterocycles. The zero-order chi connectivity index (χ0) is 11.9. The predicted octanol–water partition coefficient (Wildman–Crippen LogP) is 1.83. The van der Waals surface area contributed by atoms with Crippen LogP contribution in [0.2, 0.25) is 0 Å². The molecule has 2 rings (SSSR count). The van der Waals surface area contributed by atoms with E-state index in [0.29, 0.717) is 6.61 Å². The van der Waals surface area contributed by atoms with E-state index >= 15 is 0 Å². The van der Waals surface area contributed by atoms with Crippen molar-refractivity contribution in [1.29, 1.82) is 0 Å². The molecule has 0 aromatic carbocycles. The molecule has 1 aliphatic heterocycles. The Hall–Kier alpha value is -0.720. The summed E-state index contributed by atoms with van der Waals surface area (Å²) < 4.78 is -0.0300. The lowest BCUT2D eigenvalue weighted by Crippen LogP contribution is -2.32. The van der Waals surface area contributed by atoms with Gasteiger partial charge in [0.25, 0.3) is 5.91 Å². The zero-order valence-electron chi connectivity index (χ0n) is 9.30. The summed E-state index contributed by atoms with van der Waals surface area (Å²) in [5.41, 5.74) is 3.43. The fraction of sp³-hybridized carbons (Fsp3) is 0.455. The largest absolute Gasteiger partial charge is 0.271 e. The minimum atomic E-state index is -0.0522. The highest BCUT2D eigenvalue weighted by Crippen LogP contribution is 2.30. The van der Waals surface area contributed by atoms with Crippen LogP contribution in [0.3, 0.4) is 0 Å². The Morgan fingerprint density at radius 3 is 3.06 bits per heavy atom. The summed E-state index contributed by atoms with van der Waals surface area (Å²) in [4.78, 5) is 20.8. The molecule has 17 heavy (non-hydrogen) atoms. The fourth-order valence-corrected chi connectivity index (χ4v) is 3.96. The number of carbonyl (C=O) groups is 1. The van der Waals surface area contributed by atoms with Gasteiger partial charge in [0.15, 0.2) is 0 Å². The number of nitrogens with zero attached hydrogens (tertiary/aromatic N) is 1. The molecule has 4 nitrogen and oxygen atoms in total. The SMILES string of the molecule is O=C(NOCc1cccnc1)C1SCCCS1. The van der Waals surface area contributed by atoms with E-state index in [1.165, 1.54) is 6.42 Å². The Balaban J connectivity index is 1.69. The van der Waals surface area contributed by atoms with E-state index in [2.05, 4.69) is 10.5 Å². The van der Waals surface area contributed by atoms with Crippen molar-refractivity contribution in [1.82, 2.24) is 10.5 Å². The van der Waals surface area contributed by atoms with Crippen LogP contribution >= 0.6 is 23.5 Å². The molecule has 0 unspecified atom stereocenters. The second-order valence-electron chi connectivity index (χ2n) is 3.54. The number of hydrogen-bond acceptors (Lipinski definition) is 5. The molecule has 0 aliphatic carbocycles. The predicted molar refractivity (Wildman–Crippen MR) is 70.5 cm³/mol. The third-order valence-electron chi connectivity index (χ3n) is 2.18. The van der Waals surface area contributed by atoms with Gasteiger partial charge in [-0.05, 0) is 29.6 Å². The molecule has 1 aromatic heterocycles. The molecule has 1 N–H and O–H groups in total. The molecule has 0 bridgehead atoms. The summed E-state index contributed by atoms with van der Waals surface area (Å²) in [5, 5.41) is 0. The van der Waals surface area contributed by atoms with Crippen LogP contribution in [-0.4, -0.2) is 27.0 Å². The van der Waals surface area contributed by atoms with Gasteiger partial charge in [-0.2, -0.15) is 0 Å². The topological polar surface area (TPSA) is 51.2 Å². The van der Waals surface area contributed by atoms with Gasteiger partial charge in [0.1, 0.15) is 11.2 Å². The van der Waals surface area contributed by atoms with Crippen LogP contribution in [0.15, 0.2) is 24.5 Å². The monoisotopic (exact) mass is 270 g/mol. The highest BCUT2D eigenvalue weighted by atomic mass is 32.2. The van der Waals surface area contributed by atoms with E-state index in [0.717, 1.165) is 17.1 Å². The van der Waals surface area contributed by atoms with Crippen LogP contribution in [0.25, 0.3) is 0 Å². The van der Waals surface area contributed by atoms with Gasteiger partial charge in [-0.3, -0.25) is 14.6 Å². The number of hydroxylamine groups is 1. The van der Waals surface area contributed by atoms with Crippen molar-refractivity contribution < 1.29 is 9.63 Å². The number of thioether (sulfide) groups is 2. The maximum absolute atomic E-state index is 11.7. The van der Waals surface area contributed by atoms with Crippen molar-refractivity contribution in [2.75, 3.05) is 11.5 Å². The van der Waals surface area contributed by atoms with Gasteiger partial charge >= 0.3 is 0 Å². The van der Waals surface area contributed by atoms with Gasteiger partial charge in [0.05, 0.1) is 0 Å². The number of carbonyl (C=O) groups excluding carboxylic acids is 1. The van der Waals surface area contributed by atoms with Crippen LogP contribution in [0.5, 0.6) is 0 Å². The van der Waals surface area contributed by atoms with Crippen molar-refractivity contribution in [3.63, 3.8) is 0 Å². The molecule has 0 atom stereocenters. The molecular formula is C11H14N2O2S2. The maximum Gasteiger partial charge on any atom is 0.266 e. The van der Waals surface area contributed by atoms with E-state index in [1.807, 2.05) is 12.1 Å². The van der Waals surface area contributed by atoms with Crippen LogP contribution in [0.4, 0.5) is 0 Å². The van der Waals surface area contributed by atoms with Crippen molar-refractivity contribution in [2.24, 2.45) is 0 Å². The Labute approximate surface area is 109 Å². The zero-order valence-corrected chi connectivity index (χ0v) is 10.9. The Morgan fingerprint density at radius 2 is 2.35 bits per heavy atom. The second-order valence-corrected chi connectivity index (χ2v) is 6.27. The Bertz CT molecular complexity index is 356. The third-order valence-corrected chi connectivity index (χ3v) is 5.07. The van der Waals surface area contributed by atoms with E-state index in [4.69, 9.17) is 4.84 Å². The van der Waals surface area contributed by atoms with Crippen molar-refractivity contribution in [3.05, 3.63) is 30.1 Å². The van der Waals surface area contributed by atoms with Crippen LogP contribution in [-0.2, 0) is 16.2 Å². The summed E-state index contributed by atoms with van der Waals surface area (Å²) in [7, 11) is 0. The van der Waals surface area contributed by atoms with Gasteiger partial charge in [0.2, 0.25) is 0 Å². The molecular weight excluding hydrogens is 256 g/mol. The molecule has 1 aromatic rings. The van der Waals surface area contributed by atoms with Crippen molar-refractivity contribution in [2.45, 2.75) is 17.6 Å². The first kappa shape index (κ1) is 12.7. The van der Waals surface area contributed by atoms with Crippen molar-refractivity contribution >= 4 is 29.4 Å². The summed E-state index contributed by atoms with van der Waals surface area (Å²) in [6, 6.07) is 3.75. The van der Waals surface area contributed by atoms with Crippen molar-refractivity contribution in [3.8, 4) is 0 Å². The average Bonchev–Trinajstić information content (AvgIpc) is 2.41. The van der Waals surface area contributed by atoms with Crippen LogP contribution in [0, 0.1) is 0 Å². The third kappa shape index (κ3) is 4.22. The van der Waals surface area contributed by atoms with Crippen LogP contribution in [0.1, 0.15) is 12.0 Å². The van der Waals surface area contributed by atoms with Crippen LogP contribution < -0.4 is 5.48 Å². The number of nitrogens with one attached hydrogen (secondary N) is 1. The van der Waals surface area contributed by atoms with Gasteiger partial charge in [-0.25, -0.2) is 5.48 Å². The summed E-state index contributed by atoms with van der Waals surface area (Å²) in [6.45, 7) is 0.349. The first-order chi connectivity index (χ1) is 8.36. The molecule has 92 valence electrons. The fourth-order valence-electron chi connectivity index (χ4n) is 1.36. The molecule has 6 heteroatoms. The lowest BCUT2D eigenvalue weighted by molar-refractivity contribution is -0.132. The van der Waals surface area contributed by atoms with Gasteiger partial charge in [-0.15, -0.1) is 23.5 Å². The quantitative estimate of drug-likeness (QED) is 0.846. The molecule has 1 amide bonds. The molecule has 0 radical (unpaired) electrons. The van der Waals surface area contributed by atoms with Gasteiger partial charge in [0, 0.05) is 12.4 Å². The maximum atomic E-state index is 11.7. The van der Waals surface area contributed by atoms with E-state index in [-0.39, 0.29) is 10.5 Å². The summed E-state index contributed by atoms with van der Waals surface area (Å²) >= 11 is 3.35. The average molecular weight is 270 g/mol. The Kier molecular flexibility index (Phi) is 5.15. The highest BCUT2D eigenvalue weighted by Gasteiger charge is 2.22. The number of aromatic nitrogens is 1. The number of pyridine rings is 1. The lowest BCUT2D eigenvalue weighted by Gasteiger charge is -2.19.